The Balaban J connectivity index is 0.000000391. The quantitative estimate of drug-likeness (QED) is 0.368. The normalized spacial score (nSPS) is 20.0. The molecule has 224 valence electrons. The van der Waals surface area contributed by atoms with E-state index in [1.807, 2.05) is 34.6 Å². The first-order chi connectivity index (χ1) is 18.1. The Kier molecular flexibility index (Phi) is 12.7. The van der Waals surface area contributed by atoms with Gasteiger partial charge < -0.3 is 20.3 Å². The molecule has 1 aromatic carbocycles. The molecule has 8 heteroatoms. The number of anilines is 1. The van der Waals surface area contributed by atoms with Gasteiger partial charge in [-0.3, -0.25) is 0 Å². The van der Waals surface area contributed by atoms with Gasteiger partial charge in [-0.2, -0.15) is 13.2 Å². The summed E-state index contributed by atoms with van der Waals surface area (Å²) in [6.45, 7) is 23.7. The number of aryl methyl sites for hydroxylation is 1. The summed E-state index contributed by atoms with van der Waals surface area (Å²) < 4.78 is 44.1. The Morgan fingerprint density at radius 1 is 1.13 bits per heavy atom. The smallest absolute Gasteiger partial charge is 0.416 e. The van der Waals surface area contributed by atoms with E-state index in [1.165, 1.54) is 18.9 Å². The summed E-state index contributed by atoms with van der Waals surface area (Å²) in [5.41, 5.74) is 1.78. The van der Waals surface area contributed by atoms with E-state index in [2.05, 4.69) is 38.0 Å². The van der Waals surface area contributed by atoms with Gasteiger partial charge in [-0.25, -0.2) is 4.79 Å². The van der Waals surface area contributed by atoms with E-state index < -0.39 is 11.7 Å². The van der Waals surface area contributed by atoms with E-state index in [4.69, 9.17) is 4.74 Å². The van der Waals surface area contributed by atoms with Crippen LogP contribution < -0.4 is 10.6 Å². The summed E-state index contributed by atoms with van der Waals surface area (Å²) >= 11 is 0. The van der Waals surface area contributed by atoms with Crippen molar-refractivity contribution in [2.75, 3.05) is 25.5 Å². The van der Waals surface area contributed by atoms with Gasteiger partial charge in [0.1, 0.15) is 5.60 Å². The average molecular weight is 556 g/mol. The van der Waals surface area contributed by atoms with Crippen LogP contribution in [0.5, 0.6) is 0 Å². The van der Waals surface area contributed by atoms with Gasteiger partial charge in [0.15, 0.2) is 0 Å². The zero-order valence-electron chi connectivity index (χ0n) is 25.9. The number of nitrogens with one attached hydrogen (secondary N) is 2. The number of benzene rings is 1. The zero-order valence-corrected chi connectivity index (χ0v) is 25.9. The van der Waals surface area contributed by atoms with Gasteiger partial charge in [0.2, 0.25) is 0 Å². The second-order valence-electron chi connectivity index (χ2n) is 11.6. The van der Waals surface area contributed by atoms with Crippen LogP contribution in [0.25, 0.3) is 5.70 Å². The molecule has 0 bridgehead atoms. The van der Waals surface area contributed by atoms with Gasteiger partial charge in [0, 0.05) is 48.5 Å². The molecule has 3 rings (SSSR count). The van der Waals surface area contributed by atoms with E-state index >= 15 is 0 Å². The molecule has 5 nitrogen and oxygen atoms in total. The zero-order chi connectivity index (χ0) is 30.2. The fraction of sp³-hybridized carbons (Fsp3) is 0.710. The molecule has 2 unspecified atom stereocenters. The number of carbonyl (C=O) groups is 1. The summed E-state index contributed by atoms with van der Waals surface area (Å²) in [6.07, 6.45) is 1.21. The van der Waals surface area contributed by atoms with Crippen LogP contribution in [0, 0.1) is 18.3 Å². The number of nitrogens with zero attached hydrogens (tertiary/aromatic N) is 1. The number of amides is 1. The molecule has 39 heavy (non-hydrogen) atoms. The highest BCUT2D eigenvalue weighted by Gasteiger charge is 2.43. The van der Waals surface area contributed by atoms with Crippen LogP contribution in [0.1, 0.15) is 104 Å². The summed E-state index contributed by atoms with van der Waals surface area (Å²) in [5, 5.41) is 6.27. The maximum atomic E-state index is 12.9. The molecule has 0 spiro atoms. The Labute approximate surface area is 234 Å². The number of hydrogen-bond donors (Lipinski definition) is 2. The van der Waals surface area contributed by atoms with Crippen molar-refractivity contribution in [3.8, 4) is 0 Å². The van der Waals surface area contributed by atoms with Crippen molar-refractivity contribution in [3.05, 3.63) is 35.4 Å². The molecule has 0 aromatic heterocycles. The first kappa shape index (κ1) is 34.6. The molecule has 1 amide bonds. The van der Waals surface area contributed by atoms with E-state index in [0.717, 1.165) is 44.0 Å². The molecule has 1 aliphatic carbocycles. The van der Waals surface area contributed by atoms with E-state index in [0.29, 0.717) is 34.3 Å². The second kappa shape index (κ2) is 14.3. The minimum Gasteiger partial charge on any atom is -0.444 e. The Morgan fingerprint density at radius 3 is 2.10 bits per heavy atom. The monoisotopic (exact) mass is 555 g/mol. The molecule has 0 radical (unpaired) electrons. The number of hydrogen-bond acceptors (Lipinski definition) is 4. The molecule has 1 aromatic rings. The highest BCUT2D eigenvalue weighted by molar-refractivity contribution is 5.77. The molecule has 1 heterocycles. The minimum atomic E-state index is -4.34. The van der Waals surface area contributed by atoms with Crippen LogP contribution in [0.2, 0.25) is 0 Å². The molecule has 2 aliphatic rings. The van der Waals surface area contributed by atoms with Gasteiger partial charge in [-0.15, -0.1) is 0 Å². The Morgan fingerprint density at radius 2 is 1.69 bits per heavy atom. The molecule has 1 aliphatic heterocycles. The molecule has 1 saturated carbocycles. The maximum Gasteiger partial charge on any atom is 0.416 e. The lowest BCUT2D eigenvalue weighted by Gasteiger charge is -2.49. The van der Waals surface area contributed by atoms with E-state index in [1.54, 1.807) is 18.9 Å². The van der Waals surface area contributed by atoms with Gasteiger partial charge in [0.05, 0.1) is 5.56 Å². The van der Waals surface area contributed by atoms with Crippen molar-refractivity contribution in [2.24, 2.45) is 11.3 Å². The summed E-state index contributed by atoms with van der Waals surface area (Å²) in [7, 11) is 1.63. The highest BCUT2D eigenvalue weighted by Crippen LogP contribution is 2.38. The van der Waals surface area contributed by atoms with Gasteiger partial charge in [-0.05, 0) is 77.0 Å². The van der Waals surface area contributed by atoms with Crippen molar-refractivity contribution in [1.29, 1.82) is 0 Å². The lowest BCUT2D eigenvalue weighted by atomic mass is 9.75. The van der Waals surface area contributed by atoms with Crippen LogP contribution >= 0.6 is 0 Å². The van der Waals surface area contributed by atoms with Crippen LogP contribution in [0.3, 0.4) is 0 Å². The lowest BCUT2D eigenvalue weighted by Crippen LogP contribution is -2.58. The minimum absolute atomic E-state index is 0.167. The predicted octanol–water partition coefficient (Wildman–Crippen LogP) is 8.87. The van der Waals surface area contributed by atoms with Gasteiger partial charge in [-0.1, -0.05) is 47.6 Å². The van der Waals surface area contributed by atoms with Crippen LogP contribution in [-0.4, -0.2) is 42.8 Å². The fourth-order valence-electron chi connectivity index (χ4n) is 5.12. The SMILES string of the molecule is C=C(NC1CCCC1C)c1c(C)cc(C(F)(F)F)cc1NC.CC.CCC1(CC)CN(C(=O)OC(C)(C)C)C1. The lowest BCUT2D eigenvalue weighted by molar-refractivity contribution is -0.137. The summed E-state index contributed by atoms with van der Waals surface area (Å²) in [4.78, 5) is 13.5. The van der Waals surface area contributed by atoms with E-state index in [9.17, 15) is 18.0 Å². The molecule has 2 atom stereocenters. The number of halogens is 3. The summed E-state index contributed by atoms with van der Waals surface area (Å²) in [5.74, 6) is 0.560. The van der Waals surface area contributed by atoms with Crippen molar-refractivity contribution in [1.82, 2.24) is 10.2 Å². The third kappa shape index (κ3) is 9.64. The second-order valence-corrected chi connectivity index (χ2v) is 11.6. The largest absolute Gasteiger partial charge is 0.444 e. The topological polar surface area (TPSA) is 53.6 Å². The van der Waals surface area contributed by atoms with Crippen LogP contribution in [0.4, 0.5) is 23.7 Å². The number of likely N-dealkylation sites (tertiary alicyclic amines) is 1. The summed E-state index contributed by atoms with van der Waals surface area (Å²) in [6, 6.07) is 2.67. The molecule has 2 N–H and O–H groups in total. The van der Waals surface area contributed by atoms with Crippen molar-refractivity contribution in [2.45, 2.75) is 112 Å². The van der Waals surface area contributed by atoms with Crippen LogP contribution in [-0.2, 0) is 10.9 Å². The van der Waals surface area contributed by atoms with Gasteiger partial charge in [0.25, 0.3) is 0 Å². The van der Waals surface area contributed by atoms with Crippen molar-refractivity contribution < 1.29 is 22.7 Å². The number of alkyl halides is 3. The first-order valence-corrected chi connectivity index (χ1v) is 14.4. The number of carbonyl (C=O) groups excluding carboxylic acids is 1. The maximum absolute atomic E-state index is 12.9. The molecule has 2 fully saturated rings. The van der Waals surface area contributed by atoms with Crippen molar-refractivity contribution in [3.63, 3.8) is 0 Å². The first-order valence-electron chi connectivity index (χ1n) is 14.4. The molecular weight excluding hydrogens is 503 g/mol. The standard InChI is InChI=1S/C17H23F3N2.C12H23NO2.C2H6/c1-10-6-5-7-14(10)22-12(3)16-11(2)8-13(17(18,19)20)9-15(16)21-4;1-6-12(7-2)8-13(9-12)10(14)15-11(3,4)5;1-2/h8-10,14,21-22H,3,5-7H2,1-2,4H3;6-9H2,1-5H3;1-2H3. The third-order valence-corrected chi connectivity index (χ3v) is 7.66. The Bertz CT molecular complexity index is 942. The highest BCUT2D eigenvalue weighted by atomic mass is 19.4. The van der Waals surface area contributed by atoms with E-state index in [-0.39, 0.29) is 11.7 Å². The van der Waals surface area contributed by atoms with Crippen LogP contribution in [0.15, 0.2) is 18.7 Å². The van der Waals surface area contributed by atoms with Crippen molar-refractivity contribution >= 4 is 17.5 Å². The predicted molar refractivity (Wildman–Crippen MR) is 157 cm³/mol. The number of ether oxygens (including phenoxy) is 1. The Hall–Kier alpha value is -2.38. The fourth-order valence-corrected chi connectivity index (χ4v) is 5.12. The number of rotatable bonds is 6. The average Bonchev–Trinajstić information content (AvgIpc) is 3.22. The molecule has 1 saturated heterocycles. The third-order valence-electron chi connectivity index (χ3n) is 7.66. The molecular formula is C31H52F3N3O2. The van der Waals surface area contributed by atoms with Gasteiger partial charge >= 0.3 is 12.3 Å².